The van der Waals surface area contributed by atoms with E-state index in [4.69, 9.17) is 0 Å². The Morgan fingerprint density at radius 1 is 1.16 bits per heavy atom. The first-order chi connectivity index (χ1) is 9.28. The van der Waals surface area contributed by atoms with Gasteiger partial charge in [-0.05, 0) is 43.4 Å². The van der Waals surface area contributed by atoms with Crippen LogP contribution in [0.1, 0.15) is 58.8 Å². The molecule has 0 aromatic carbocycles. The Hall–Kier alpha value is -0.0800. The fourth-order valence-electron chi connectivity index (χ4n) is 4.20. The summed E-state index contributed by atoms with van der Waals surface area (Å²) in [5, 5.41) is 3.85. The SMILES string of the molecule is CCC(C)C1CN(CC2CCCC2)C(C2CC2)CN1. The van der Waals surface area contributed by atoms with Crippen LogP contribution in [0.2, 0.25) is 0 Å². The minimum Gasteiger partial charge on any atom is -0.311 e. The van der Waals surface area contributed by atoms with Gasteiger partial charge in [-0.2, -0.15) is 0 Å². The van der Waals surface area contributed by atoms with Crippen molar-refractivity contribution in [3.05, 3.63) is 0 Å². The summed E-state index contributed by atoms with van der Waals surface area (Å²) in [6, 6.07) is 1.60. The maximum atomic E-state index is 3.85. The predicted octanol–water partition coefficient (Wildman–Crippen LogP) is 3.28. The molecule has 0 aromatic rings. The van der Waals surface area contributed by atoms with Gasteiger partial charge in [-0.3, -0.25) is 4.90 Å². The van der Waals surface area contributed by atoms with E-state index in [9.17, 15) is 0 Å². The second kappa shape index (κ2) is 6.13. The second-order valence-corrected chi connectivity index (χ2v) is 7.41. The molecule has 2 heteroatoms. The molecule has 19 heavy (non-hydrogen) atoms. The van der Waals surface area contributed by atoms with Crippen molar-refractivity contribution in [2.75, 3.05) is 19.6 Å². The average Bonchev–Trinajstić information content (AvgIpc) is 3.15. The van der Waals surface area contributed by atoms with Gasteiger partial charge in [0.15, 0.2) is 0 Å². The molecule has 3 rings (SSSR count). The first kappa shape index (κ1) is 13.9. The molecular weight excluding hydrogens is 232 g/mol. The number of hydrogen-bond donors (Lipinski definition) is 1. The zero-order chi connectivity index (χ0) is 13.2. The Labute approximate surface area is 119 Å². The summed E-state index contributed by atoms with van der Waals surface area (Å²) in [7, 11) is 0. The molecule has 1 saturated heterocycles. The van der Waals surface area contributed by atoms with E-state index in [0.717, 1.165) is 29.8 Å². The van der Waals surface area contributed by atoms with Crippen molar-refractivity contribution < 1.29 is 0 Å². The van der Waals surface area contributed by atoms with Gasteiger partial charge in [0.05, 0.1) is 0 Å². The first-order valence-corrected chi connectivity index (χ1v) is 8.75. The van der Waals surface area contributed by atoms with E-state index in [0.29, 0.717) is 0 Å². The summed E-state index contributed by atoms with van der Waals surface area (Å²) in [5.41, 5.74) is 0. The molecule has 0 radical (unpaired) electrons. The molecule has 0 amide bonds. The van der Waals surface area contributed by atoms with Gasteiger partial charge in [-0.25, -0.2) is 0 Å². The molecule has 1 N–H and O–H groups in total. The van der Waals surface area contributed by atoms with Crippen molar-refractivity contribution in [1.82, 2.24) is 10.2 Å². The summed E-state index contributed by atoms with van der Waals surface area (Å²) in [4.78, 5) is 2.89. The average molecular weight is 264 g/mol. The number of piperazine rings is 1. The molecular formula is C17H32N2. The molecule has 0 bridgehead atoms. The van der Waals surface area contributed by atoms with Gasteiger partial charge in [0.25, 0.3) is 0 Å². The lowest BCUT2D eigenvalue weighted by Gasteiger charge is -2.43. The third-order valence-corrected chi connectivity index (χ3v) is 5.95. The molecule has 3 atom stereocenters. The molecule has 1 aliphatic heterocycles. The van der Waals surface area contributed by atoms with Gasteiger partial charge >= 0.3 is 0 Å². The van der Waals surface area contributed by atoms with E-state index in [1.54, 1.807) is 0 Å². The topological polar surface area (TPSA) is 15.3 Å². The third-order valence-electron chi connectivity index (χ3n) is 5.95. The smallest absolute Gasteiger partial charge is 0.0249 e. The monoisotopic (exact) mass is 264 g/mol. The van der Waals surface area contributed by atoms with E-state index in [2.05, 4.69) is 24.1 Å². The Balaban J connectivity index is 1.60. The zero-order valence-corrected chi connectivity index (χ0v) is 12.9. The van der Waals surface area contributed by atoms with Crippen LogP contribution < -0.4 is 5.32 Å². The van der Waals surface area contributed by atoms with Crippen LogP contribution in [-0.4, -0.2) is 36.6 Å². The largest absolute Gasteiger partial charge is 0.311 e. The fourth-order valence-corrected chi connectivity index (χ4v) is 4.20. The number of hydrogen-bond acceptors (Lipinski definition) is 2. The van der Waals surface area contributed by atoms with Gasteiger partial charge in [0, 0.05) is 31.7 Å². The van der Waals surface area contributed by atoms with E-state index >= 15 is 0 Å². The highest BCUT2D eigenvalue weighted by atomic mass is 15.2. The van der Waals surface area contributed by atoms with Crippen molar-refractivity contribution in [3.63, 3.8) is 0 Å². The van der Waals surface area contributed by atoms with Crippen molar-refractivity contribution >= 4 is 0 Å². The van der Waals surface area contributed by atoms with Crippen LogP contribution in [0, 0.1) is 17.8 Å². The Morgan fingerprint density at radius 2 is 1.89 bits per heavy atom. The van der Waals surface area contributed by atoms with Gasteiger partial charge in [-0.15, -0.1) is 0 Å². The van der Waals surface area contributed by atoms with Crippen LogP contribution in [0.25, 0.3) is 0 Å². The summed E-state index contributed by atoms with van der Waals surface area (Å²) in [6.45, 7) is 8.72. The highest BCUT2D eigenvalue weighted by molar-refractivity contribution is 4.96. The van der Waals surface area contributed by atoms with Crippen molar-refractivity contribution in [2.24, 2.45) is 17.8 Å². The van der Waals surface area contributed by atoms with Gasteiger partial charge in [0.1, 0.15) is 0 Å². The normalized spacial score (nSPS) is 35.7. The predicted molar refractivity (Wildman–Crippen MR) is 81.3 cm³/mol. The lowest BCUT2D eigenvalue weighted by Crippen LogP contribution is -2.59. The standard InChI is InChI=1S/C17H32N2/c1-3-13(2)16-12-19(11-14-6-4-5-7-14)17(10-18-16)15-8-9-15/h13-18H,3-12H2,1-2H3. The molecule has 3 aliphatic rings. The third kappa shape index (κ3) is 3.33. The van der Waals surface area contributed by atoms with Crippen molar-refractivity contribution in [3.8, 4) is 0 Å². The van der Waals surface area contributed by atoms with Crippen LogP contribution in [-0.2, 0) is 0 Å². The van der Waals surface area contributed by atoms with Gasteiger partial charge in [-0.1, -0.05) is 33.1 Å². The van der Waals surface area contributed by atoms with Crippen LogP contribution >= 0.6 is 0 Å². The maximum Gasteiger partial charge on any atom is 0.0249 e. The molecule has 2 aliphatic carbocycles. The molecule has 0 aromatic heterocycles. The molecule has 110 valence electrons. The first-order valence-electron chi connectivity index (χ1n) is 8.75. The summed E-state index contributed by atoms with van der Waals surface area (Å²) < 4.78 is 0. The zero-order valence-electron chi connectivity index (χ0n) is 12.9. The molecule has 1 heterocycles. The van der Waals surface area contributed by atoms with E-state index < -0.39 is 0 Å². The number of nitrogens with zero attached hydrogens (tertiary/aromatic N) is 1. The molecule has 2 nitrogen and oxygen atoms in total. The quantitative estimate of drug-likeness (QED) is 0.820. The lowest BCUT2D eigenvalue weighted by molar-refractivity contribution is 0.0807. The molecule has 3 fully saturated rings. The fraction of sp³-hybridized carbons (Fsp3) is 1.00. The summed E-state index contributed by atoms with van der Waals surface area (Å²) in [6.07, 6.45) is 10.2. The Bertz CT molecular complexity index is 281. The Morgan fingerprint density at radius 3 is 2.53 bits per heavy atom. The van der Waals surface area contributed by atoms with Crippen LogP contribution in [0.3, 0.4) is 0 Å². The highest BCUT2D eigenvalue weighted by Crippen LogP contribution is 2.38. The number of nitrogens with one attached hydrogen (secondary N) is 1. The maximum absolute atomic E-state index is 3.85. The molecule has 0 spiro atoms. The van der Waals surface area contributed by atoms with E-state index in [1.807, 2.05) is 0 Å². The van der Waals surface area contributed by atoms with E-state index in [1.165, 1.54) is 64.6 Å². The van der Waals surface area contributed by atoms with Crippen LogP contribution in [0.4, 0.5) is 0 Å². The van der Waals surface area contributed by atoms with E-state index in [-0.39, 0.29) is 0 Å². The molecule has 3 unspecified atom stereocenters. The lowest BCUT2D eigenvalue weighted by atomic mass is 9.93. The van der Waals surface area contributed by atoms with Crippen molar-refractivity contribution in [2.45, 2.75) is 70.9 Å². The summed E-state index contributed by atoms with van der Waals surface area (Å²) in [5.74, 6) is 2.86. The Kier molecular flexibility index (Phi) is 4.48. The minimum absolute atomic E-state index is 0.737. The van der Waals surface area contributed by atoms with Gasteiger partial charge in [0.2, 0.25) is 0 Å². The molecule has 2 saturated carbocycles. The van der Waals surface area contributed by atoms with Crippen LogP contribution in [0.15, 0.2) is 0 Å². The summed E-state index contributed by atoms with van der Waals surface area (Å²) >= 11 is 0. The van der Waals surface area contributed by atoms with Crippen molar-refractivity contribution in [1.29, 1.82) is 0 Å². The highest BCUT2D eigenvalue weighted by Gasteiger charge is 2.40. The van der Waals surface area contributed by atoms with Crippen LogP contribution in [0.5, 0.6) is 0 Å². The number of rotatable bonds is 5. The second-order valence-electron chi connectivity index (χ2n) is 7.41. The minimum atomic E-state index is 0.737. The van der Waals surface area contributed by atoms with Gasteiger partial charge < -0.3 is 5.32 Å².